The minimum Gasteiger partial charge on any atom is -0.332 e. The standard InChI is InChI=1S/C16H13FN6O2/c17-8-1-2-10-9(5-8)16(24)22-4-3-11(22)14-13(19-7-23(10)14)15-20-12(6-18)21-25-15/h1-2,5,7,11H,3-4,6,18H2/t11-/m0/s1. The second kappa shape index (κ2) is 4.96. The molecule has 2 aliphatic rings. The molecule has 0 spiro atoms. The van der Waals surface area contributed by atoms with Crippen molar-refractivity contribution in [1.29, 1.82) is 0 Å². The van der Waals surface area contributed by atoms with Crippen LogP contribution in [0.25, 0.3) is 17.3 Å². The summed E-state index contributed by atoms with van der Waals surface area (Å²) < 4.78 is 20.8. The minimum atomic E-state index is -0.447. The smallest absolute Gasteiger partial charge is 0.278 e. The zero-order valence-electron chi connectivity index (χ0n) is 13.0. The van der Waals surface area contributed by atoms with Crippen LogP contribution < -0.4 is 5.73 Å². The summed E-state index contributed by atoms with van der Waals surface area (Å²) in [7, 11) is 0. The van der Waals surface area contributed by atoms with Crippen LogP contribution in [-0.4, -0.2) is 37.0 Å². The van der Waals surface area contributed by atoms with Crippen molar-refractivity contribution in [3.8, 4) is 17.3 Å². The predicted octanol–water partition coefficient (Wildman–Crippen LogP) is 1.42. The van der Waals surface area contributed by atoms with Gasteiger partial charge in [-0.05, 0) is 24.6 Å². The molecule has 0 radical (unpaired) electrons. The van der Waals surface area contributed by atoms with Crippen molar-refractivity contribution in [3.63, 3.8) is 0 Å². The molecule has 2 aromatic heterocycles. The fraction of sp³-hybridized carbons (Fsp3) is 0.250. The Morgan fingerprint density at radius 1 is 1.40 bits per heavy atom. The molecule has 1 saturated heterocycles. The second-order valence-electron chi connectivity index (χ2n) is 6.03. The number of hydrogen-bond acceptors (Lipinski definition) is 6. The van der Waals surface area contributed by atoms with Crippen molar-refractivity contribution in [1.82, 2.24) is 24.6 Å². The lowest BCUT2D eigenvalue weighted by molar-refractivity contribution is 0.0461. The maximum atomic E-state index is 13.7. The molecule has 0 unspecified atom stereocenters. The number of amides is 1. The number of carbonyl (C=O) groups excluding carboxylic acids is 1. The Morgan fingerprint density at radius 2 is 2.28 bits per heavy atom. The SMILES string of the molecule is NCc1noc(-c2ncn3c2[C@@H]2CCN2C(=O)c2cc(F)ccc2-3)n1. The van der Waals surface area contributed by atoms with Gasteiger partial charge in [0.15, 0.2) is 11.5 Å². The van der Waals surface area contributed by atoms with Crippen molar-refractivity contribution in [2.75, 3.05) is 6.54 Å². The van der Waals surface area contributed by atoms with Crippen LogP contribution in [0, 0.1) is 5.82 Å². The molecule has 1 aromatic carbocycles. The van der Waals surface area contributed by atoms with Crippen molar-refractivity contribution in [2.45, 2.75) is 19.0 Å². The van der Waals surface area contributed by atoms with E-state index < -0.39 is 5.82 Å². The Labute approximate surface area is 141 Å². The molecule has 9 heteroatoms. The summed E-state index contributed by atoms with van der Waals surface area (Å²) in [4.78, 5) is 23.1. The molecule has 1 fully saturated rings. The van der Waals surface area contributed by atoms with Gasteiger partial charge in [-0.25, -0.2) is 9.37 Å². The van der Waals surface area contributed by atoms with Gasteiger partial charge in [-0.1, -0.05) is 5.16 Å². The molecule has 25 heavy (non-hydrogen) atoms. The van der Waals surface area contributed by atoms with E-state index in [1.165, 1.54) is 12.1 Å². The maximum Gasteiger partial charge on any atom is 0.278 e. The summed E-state index contributed by atoms with van der Waals surface area (Å²) in [6, 6.07) is 4.02. The number of nitrogens with two attached hydrogens (primary N) is 1. The number of carbonyl (C=O) groups is 1. The normalized spacial score (nSPS) is 18.2. The lowest BCUT2D eigenvalue weighted by atomic mass is 9.97. The third-order valence-corrected chi connectivity index (χ3v) is 4.70. The number of aromatic nitrogens is 4. The summed E-state index contributed by atoms with van der Waals surface area (Å²) >= 11 is 0. The number of imidazole rings is 1. The second-order valence-corrected chi connectivity index (χ2v) is 6.03. The van der Waals surface area contributed by atoms with Gasteiger partial charge in [-0.3, -0.25) is 9.36 Å². The number of halogens is 1. The first-order valence-corrected chi connectivity index (χ1v) is 7.88. The van der Waals surface area contributed by atoms with Gasteiger partial charge in [-0.15, -0.1) is 0 Å². The van der Waals surface area contributed by atoms with Crippen molar-refractivity contribution < 1.29 is 13.7 Å². The van der Waals surface area contributed by atoms with Crippen LogP contribution in [0.2, 0.25) is 0 Å². The van der Waals surface area contributed by atoms with Gasteiger partial charge in [0.2, 0.25) is 0 Å². The molecule has 4 heterocycles. The molecule has 8 nitrogen and oxygen atoms in total. The zero-order chi connectivity index (χ0) is 17.1. The first-order chi connectivity index (χ1) is 12.2. The van der Waals surface area contributed by atoms with E-state index >= 15 is 0 Å². The molecule has 0 bridgehead atoms. The Bertz CT molecular complexity index is 1010. The molecule has 1 atom stereocenters. The van der Waals surface area contributed by atoms with Gasteiger partial charge >= 0.3 is 0 Å². The van der Waals surface area contributed by atoms with Gasteiger partial charge in [0.05, 0.1) is 29.5 Å². The van der Waals surface area contributed by atoms with Crippen LogP contribution in [0.1, 0.15) is 34.3 Å². The lowest BCUT2D eigenvalue weighted by Gasteiger charge is -2.39. The monoisotopic (exact) mass is 340 g/mol. The number of hydrogen-bond donors (Lipinski definition) is 1. The summed E-state index contributed by atoms with van der Waals surface area (Å²) in [5.74, 6) is 0.0134. The fourth-order valence-corrected chi connectivity index (χ4v) is 3.43. The van der Waals surface area contributed by atoms with Crippen LogP contribution in [-0.2, 0) is 6.54 Å². The van der Waals surface area contributed by atoms with E-state index in [0.29, 0.717) is 29.3 Å². The number of rotatable bonds is 2. The van der Waals surface area contributed by atoms with Gasteiger partial charge in [0.1, 0.15) is 12.1 Å². The molecular weight excluding hydrogens is 327 g/mol. The van der Waals surface area contributed by atoms with E-state index in [9.17, 15) is 9.18 Å². The van der Waals surface area contributed by atoms with Gasteiger partial charge in [-0.2, -0.15) is 4.98 Å². The van der Waals surface area contributed by atoms with Crippen LogP contribution >= 0.6 is 0 Å². The Balaban J connectivity index is 1.75. The lowest BCUT2D eigenvalue weighted by Crippen LogP contribution is -2.44. The topological polar surface area (TPSA) is 103 Å². The van der Waals surface area contributed by atoms with Crippen molar-refractivity contribution in [2.24, 2.45) is 5.73 Å². The summed E-state index contributed by atoms with van der Waals surface area (Å²) in [6.45, 7) is 0.775. The average molecular weight is 340 g/mol. The number of nitrogens with zero attached hydrogens (tertiary/aromatic N) is 5. The van der Waals surface area contributed by atoms with Crippen molar-refractivity contribution >= 4 is 5.91 Å². The van der Waals surface area contributed by atoms with Crippen molar-refractivity contribution in [3.05, 3.63) is 47.4 Å². The molecule has 2 N–H and O–H groups in total. The van der Waals surface area contributed by atoms with E-state index in [1.807, 2.05) is 0 Å². The first kappa shape index (κ1) is 14.3. The van der Waals surface area contributed by atoms with Crippen LogP contribution in [0.4, 0.5) is 4.39 Å². The Morgan fingerprint density at radius 3 is 3.00 bits per heavy atom. The van der Waals surface area contributed by atoms with E-state index in [0.717, 1.165) is 12.1 Å². The first-order valence-electron chi connectivity index (χ1n) is 7.88. The summed E-state index contributed by atoms with van der Waals surface area (Å²) in [5.41, 5.74) is 7.76. The molecule has 0 saturated carbocycles. The molecular formula is C16H13FN6O2. The highest BCUT2D eigenvalue weighted by Gasteiger charge is 2.42. The summed E-state index contributed by atoms with van der Waals surface area (Å²) in [5, 5.41) is 3.81. The fourth-order valence-electron chi connectivity index (χ4n) is 3.43. The number of benzene rings is 1. The average Bonchev–Trinajstić information content (AvgIpc) is 3.19. The molecule has 0 aliphatic carbocycles. The minimum absolute atomic E-state index is 0.159. The van der Waals surface area contributed by atoms with Gasteiger partial charge < -0.3 is 15.2 Å². The predicted molar refractivity (Wildman–Crippen MR) is 83.1 cm³/mol. The van der Waals surface area contributed by atoms with E-state index in [1.54, 1.807) is 21.9 Å². The van der Waals surface area contributed by atoms with Crippen LogP contribution in [0.3, 0.4) is 0 Å². The molecule has 126 valence electrons. The number of fused-ring (bicyclic) bond motifs is 5. The van der Waals surface area contributed by atoms with E-state index in [4.69, 9.17) is 10.3 Å². The molecule has 5 rings (SSSR count). The highest BCUT2D eigenvalue weighted by molar-refractivity contribution is 5.99. The van der Waals surface area contributed by atoms with Crippen LogP contribution in [0.5, 0.6) is 0 Å². The van der Waals surface area contributed by atoms with Gasteiger partial charge in [0, 0.05) is 6.54 Å². The Kier molecular flexibility index (Phi) is 2.84. The highest BCUT2D eigenvalue weighted by atomic mass is 19.1. The molecule has 3 aromatic rings. The summed E-state index contributed by atoms with van der Waals surface area (Å²) in [6.07, 6.45) is 2.39. The maximum absolute atomic E-state index is 13.7. The Hall–Kier alpha value is -3.07. The third-order valence-electron chi connectivity index (χ3n) is 4.70. The molecule has 2 aliphatic heterocycles. The van der Waals surface area contributed by atoms with Crippen LogP contribution in [0.15, 0.2) is 29.0 Å². The quantitative estimate of drug-likeness (QED) is 0.757. The zero-order valence-corrected chi connectivity index (χ0v) is 13.0. The molecule has 1 amide bonds. The van der Waals surface area contributed by atoms with E-state index in [-0.39, 0.29) is 24.4 Å². The third kappa shape index (κ3) is 1.89. The van der Waals surface area contributed by atoms with E-state index in [2.05, 4.69) is 15.1 Å². The highest BCUT2D eigenvalue weighted by Crippen LogP contribution is 2.43. The van der Waals surface area contributed by atoms with Gasteiger partial charge in [0.25, 0.3) is 11.8 Å². The largest absolute Gasteiger partial charge is 0.332 e.